The van der Waals surface area contributed by atoms with Gasteiger partial charge in [0.1, 0.15) is 17.2 Å². The number of hydrogen-bond acceptors (Lipinski definition) is 3. The summed E-state index contributed by atoms with van der Waals surface area (Å²) in [5.74, 6) is 1.19. The highest BCUT2D eigenvalue weighted by molar-refractivity contribution is 14.1. The Morgan fingerprint density at radius 2 is 1.95 bits per heavy atom. The number of carbonyl (C=O) groups excluding carboxylic acids is 1. The monoisotopic (exact) mass is 368 g/mol. The molecule has 98 valence electrons. The average molecular weight is 368 g/mol. The van der Waals surface area contributed by atoms with Gasteiger partial charge in [-0.2, -0.15) is 0 Å². The van der Waals surface area contributed by atoms with Crippen molar-refractivity contribution in [1.82, 2.24) is 9.88 Å². The third-order valence-corrected chi connectivity index (χ3v) is 3.06. The molecule has 0 aliphatic carbocycles. The van der Waals surface area contributed by atoms with Gasteiger partial charge < -0.3 is 9.64 Å². The Bertz CT molecular complexity index is 600. The van der Waals surface area contributed by atoms with E-state index in [0.29, 0.717) is 11.4 Å². The van der Waals surface area contributed by atoms with Crippen molar-refractivity contribution in [3.63, 3.8) is 0 Å². The van der Waals surface area contributed by atoms with Crippen LogP contribution in [0.15, 0.2) is 42.6 Å². The van der Waals surface area contributed by atoms with Crippen LogP contribution < -0.4 is 4.74 Å². The number of carbonyl (C=O) groups is 1. The fourth-order valence-electron chi connectivity index (χ4n) is 1.49. The van der Waals surface area contributed by atoms with Crippen LogP contribution in [0.5, 0.6) is 11.5 Å². The van der Waals surface area contributed by atoms with E-state index in [-0.39, 0.29) is 5.91 Å². The molecule has 0 aliphatic rings. The Morgan fingerprint density at radius 3 is 2.63 bits per heavy atom. The van der Waals surface area contributed by atoms with E-state index in [2.05, 4.69) is 27.6 Å². The lowest BCUT2D eigenvalue weighted by atomic mass is 10.3. The van der Waals surface area contributed by atoms with E-state index in [0.717, 1.165) is 9.32 Å². The number of benzene rings is 1. The molecule has 0 aliphatic heterocycles. The van der Waals surface area contributed by atoms with Gasteiger partial charge in [0.15, 0.2) is 0 Å². The molecule has 1 amide bonds. The van der Waals surface area contributed by atoms with Crippen LogP contribution in [0.3, 0.4) is 0 Å². The minimum absolute atomic E-state index is 0.145. The van der Waals surface area contributed by atoms with Crippen LogP contribution in [0.2, 0.25) is 0 Å². The number of rotatable bonds is 3. The topological polar surface area (TPSA) is 42.4 Å². The molecule has 0 bridgehead atoms. The van der Waals surface area contributed by atoms with E-state index in [4.69, 9.17) is 4.74 Å². The van der Waals surface area contributed by atoms with E-state index in [1.165, 1.54) is 4.90 Å². The van der Waals surface area contributed by atoms with Crippen molar-refractivity contribution in [2.75, 3.05) is 14.1 Å². The summed E-state index contributed by atoms with van der Waals surface area (Å²) in [5, 5.41) is 0. The summed E-state index contributed by atoms with van der Waals surface area (Å²) >= 11 is 2.22. The zero-order valence-electron chi connectivity index (χ0n) is 10.6. The number of aromatic nitrogens is 1. The Kier molecular flexibility index (Phi) is 4.36. The van der Waals surface area contributed by atoms with E-state index in [1.54, 1.807) is 32.4 Å². The molecule has 0 atom stereocenters. The average Bonchev–Trinajstić information content (AvgIpc) is 2.38. The summed E-state index contributed by atoms with van der Waals surface area (Å²) in [4.78, 5) is 17.3. The maximum Gasteiger partial charge on any atom is 0.272 e. The van der Waals surface area contributed by atoms with Crippen LogP contribution in [0.25, 0.3) is 0 Å². The molecular weight excluding hydrogens is 355 g/mol. The fourth-order valence-corrected chi connectivity index (χ4v) is 2.00. The molecule has 0 N–H and O–H groups in total. The lowest BCUT2D eigenvalue weighted by Gasteiger charge is -2.11. The van der Waals surface area contributed by atoms with Gasteiger partial charge in [-0.3, -0.25) is 9.78 Å². The molecule has 1 heterocycles. The van der Waals surface area contributed by atoms with Crippen LogP contribution in [0.4, 0.5) is 0 Å². The smallest absolute Gasteiger partial charge is 0.272 e. The Balaban J connectivity index is 2.22. The minimum atomic E-state index is -0.145. The molecule has 0 unspecified atom stereocenters. The predicted molar refractivity (Wildman–Crippen MR) is 81.5 cm³/mol. The van der Waals surface area contributed by atoms with Crippen LogP contribution in [0, 0.1) is 3.57 Å². The van der Waals surface area contributed by atoms with Crippen molar-refractivity contribution in [3.05, 3.63) is 51.9 Å². The maximum absolute atomic E-state index is 11.8. The van der Waals surface area contributed by atoms with Gasteiger partial charge in [-0.25, -0.2) is 0 Å². The van der Waals surface area contributed by atoms with Gasteiger partial charge in [-0.05, 0) is 46.9 Å². The second-order valence-corrected chi connectivity index (χ2v) is 5.38. The van der Waals surface area contributed by atoms with E-state index < -0.39 is 0 Å². The van der Waals surface area contributed by atoms with E-state index >= 15 is 0 Å². The van der Waals surface area contributed by atoms with Gasteiger partial charge in [0.25, 0.3) is 5.91 Å². The van der Waals surface area contributed by atoms with Gasteiger partial charge in [0, 0.05) is 29.9 Å². The SMILES string of the molecule is CN(C)C(=O)c1cc(Oc2cccc(I)c2)ccn1. The third kappa shape index (κ3) is 3.66. The van der Waals surface area contributed by atoms with Crippen molar-refractivity contribution >= 4 is 28.5 Å². The van der Waals surface area contributed by atoms with Crippen molar-refractivity contribution in [2.45, 2.75) is 0 Å². The number of hydrogen-bond donors (Lipinski definition) is 0. The largest absolute Gasteiger partial charge is 0.457 e. The lowest BCUT2D eigenvalue weighted by Crippen LogP contribution is -2.22. The highest BCUT2D eigenvalue weighted by atomic mass is 127. The molecule has 1 aromatic carbocycles. The molecule has 0 radical (unpaired) electrons. The standard InChI is InChI=1S/C14H13IN2O2/c1-17(2)14(18)13-9-12(6-7-16-13)19-11-5-3-4-10(15)8-11/h3-9H,1-2H3. The first-order valence-electron chi connectivity index (χ1n) is 5.67. The predicted octanol–water partition coefficient (Wildman–Crippen LogP) is 3.18. The van der Waals surface area contributed by atoms with Crippen LogP contribution >= 0.6 is 22.6 Å². The molecule has 0 spiro atoms. The van der Waals surface area contributed by atoms with Gasteiger partial charge in [0.2, 0.25) is 0 Å². The molecule has 4 nitrogen and oxygen atoms in total. The Labute approximate surface area is 125 Å². The lowest BCUT2D eigenvalue weighted by molar-refractivity contribution is 0.0821. The molecule has 2 aromatic rings. The quantitative estimate of drug-likeness (QED) is 0.782. The van der Waals surface area contributed by atoms with Crippen molar-refractivity contribution in [3.8, 4) is 11.5 Å². The maximum atomic E-state index is 11.8. The fraction of sp³-hybridized carbons (Fsp3) is 0.143. The molecule has 0 saturated heterocycles. The minimum Gasteiger partial charge on any atom is -0.457 e. The van der Waals surface area contributed by atoms with E-state index in [1.807, 2.05) is 24.3 Å². The second-order valence-electron chi connectivity index (χ2n) is 4.14. The number of nitrogens with zero attached hydrogens (tertiary/aromatic N) is 2. The number of amides is 1. The normalized spacial score (nSPS) is 10.1. The Morgan fingerprint density at radius 1 is 1.21 bits per heavy atom. The summed E-state index contributed by atoms with van der Waals surface area (Å²) in [7, 11) is 3.38. The van der Waals surface area contributed by atoms with Gasteiger partial charge in [0.05, 0.1) is 0 Å². The zero-order chi connectivity index (χ0) is 13.8. The van der Waals surface area contributed by atoms with Crippen LogP contribution in [-0.2, 0) is 0 Å². The van der Waals surface area contributed by atoms with Crippen molar-refractivity contribution in [1.29, 1.82) is 0 Å². The molecule has 1 aromatic heterocycles. The molecule has 2 rings (SSSR count). The molecule has 0 fully saturated rings. The summed E-state index contributed by atoms with van der Waals surface area (Å²) in [6, 6.07) is 11.1. The summed E-state index contributed by atoms with van der Waals surface area (Å²) in [6.45, 7) is 0. The van der Waals surface area contributed by atoms with Gasteiger partial charge >= 0.3 is 0 Å². The Hall–Kier alpha value is -1.63. The van der Waals surface area contributed by atoms with Crippen molar-refractivity contribution in [2.24, 2.45) is 0 Å². The summed E-state index contributed by atoms with van der Waals surface area (Å²) in [5.41, 5.74) is 0.369. The first-order chi connectivity index (χ1) is 9.06. The molecular formula is C14H13IN2O2. The number of pyridine rings is 1. The number of halogens is 1. The number of ether oxygens (including phenoxy) is 1. The molecule has 0 saturated carbocycles. The highest BCUT2D eigenvalue weighted by Gasteiger charge is 2.10. The summed E-state index contributed by atoms with van der Waals surface area (Å²) < 4.78 is 6.81. The first kappa shape index (κ1) is 13.8. The highest BCUT2D eigenvalue weighted by Crippen LogP contribution is 2.23. The summed E-state index contributed by atoms with van der Waals surface area (Å²) in [6.07, 6.45) is 1.57. The first-order valence-corrected chi connectivity index (χ1v) is 6.75. The molecule has 19 heavy (non-hydrogen) atoms. The van der Waals surface area contributed by atoms with Gasteiger partial charge in [-0.15, -0.1) is 0 Å². The zero-order valence-corrected chi connectivity index (χ0v) is 12.8. The second kappa shape index (κ2) is 6.01. The van der Waals surface area contributed by atoms with Gasteiger partial charge in [-0.1, -0.05) is 6.07 Å². The van der Waals surface area contributed by atoms with Crippen LogP contribution in [-0.4, -0.2) is 29.9 Å². The molecule has 5 heteroatoms. The van der Waals surface area contributed by atoms with Crippen molar-refractivity contribution < 1.29 is 9.53 Å². The van der Waals surface area contributed by atoms with Crippen LogP contribution in [0.1, 0.15) is 10.5 Å². The third-order valence-electron chi connectivity index (χ3n) is 2.39. The van der Waals surface area contributed by atoms with E-state index in [9.17, 15) is 4.79 Å².